The van der Waals surface area contributed by atoms with Gasteiger partial charge in [0.1, 0.15) is 6.26 Å². The van der Waals surface area contributed by atoms with Gasteiger partial charge in [-0.2, -0.15) is 0 Å². The molecular formula is C16H22N2O2. The van der Waals surface area contributed by atoms with Gasteiger partial charge in [-0.15, -0.1) is 0 Å². The summed E-state index contributed by atoms with van der Waals surface area (Å²) in [5.41, 5.74) is 2.95. The second kappa shape index (κ2) is 6.20. The summed E-state index contributed by atoms with van der Waals surface area (Å²) in [6.07, 6.45) is 1.67. The second-order valence-electron chi connectivity index (χ2n) is 5.94. The second-order valence-corrected chi connectivity index (χ2v) is 5.94. The van der Waals surface area contributed by atoms with E-state index in [4.69, 9.17) is 4.42 Å². The fraction of sp³-hybridized carbons (Fsp3) is 0.438. The summed E-state index contributed by atoms with van der Waals surface area (Å²) in [6.45, 7) is 7.61. The molecule has 1 aromatic heterocycles. The van der Waals surface area contributed by atoms with E-state index < -0.39 is 0 Å². The summed E-state index contributed by atoms with van der Waals surface area (Å²) in [5, 5.41) is 12.5. The number of aromatic nitrogens is 1. The molecule has 20 heavy (non-hydrogen) atoms. The van der Waals surface area contributed by atoms with E-state index in [1.54, 1.807) is 6.26 Å². The number of oxazole rings is 1. The highest BCUT2D eigenvalue weighted by Crippen LogP contribution is 2.19. The van der Waals surface area contributed by atoms with E-state index in [0.29, 0.717) is 12.4 Å². The van der Waals surface area contributed by atoms with Crippen molar-refractivity contribution in [3.05, 3.63) is 41.8 Å². The van der Waals surface area contributed by atoms with Crippen LogP contribution in [0.3, 0.4) is 0 Å². The summed E-state index contributed by atoms with van der Waals surface area (Å²) in [4.78, 5) is 4.46. The molecule has 0 atom stereocenters. The minimum absolute atomic E-state index is 0.122. The van der Waals surface area contributed by atoms with E-state index in [1.807, 2.05) is 38.1 Å². The van der Waals surface area contributed by atoms with E-state index in [0.717, 1.165) is 17.8 Å². The maximum atomic E-state index is 9.19. The first-order valence-electron chi connectivity index (χ1n) is 6.83. The van der Waals surface area contributed by atoms with Gasteiger partial charge in [-0.05, 0) is 19.1 Å². The van der Waals surface area contributed by atoms with Crippen LogP contribution in [0.25, 0.3) is 11.5 Å². The Labute approximate surface area is 119 Å². The topological polar surface area (TPSA) is 58.3 Å². The smallest absolute Gasteiger partial charge is 0.226 e. The number of benzene rings is 1. The summed E-state index contributed by atoms with van der Waals surface area (Å²) < 4.78 is 5.50. The predicted octanol–water partition coefficient (Wildman–Crippen LogP) is 2.76. The average Bonchev–Trinajstić information content (AvgIpc) is 2.88. The highest BCUT2D eigenvalue weighted by atomic mass is 16.3. The number of rotatable bonds is 6. The lowest BCUT2D eigenvalue weighted by Gasteiger charge is -2.21. The Bertz CT molecular complexity index is 544. The molecule has 0 bridgehead atoms. The van der Waals surface area contributed by atoms with Crippen molar-refractivity contribution >= 4 is 0 Å². The molecule has 1 heterocycles. The third-order valence-corrected chi connectivity index (χ3v) is 3.19. The fourth-order valence-corrected chi connectivity index (χ4v) is 1.80. The van der Waals surface area contributed by atoms with Crippen LogP contribution in [0.2, 0.25) is 0 Å². The number of aryl methyl sites for hydroxylation is 1. The quantitative estimate of drug-likeness (QED) is 0.850. The largest absolute Gasteiger partial charge is 0.444 e. The normalized spacial score (nSPS) is 11.8. The number of aliphatic hydroxyl groups is 1. The standard InChI is InChI=1S/C16H22N2O2/c1-12-4-6-13(7-5-12)15-18-14(9-20-15)8-17-10-16(2,3)11-19/h4-7,9,17,19H,8,10-11H2,1-3H3. The Morgan fingerprint density at radius 2 is 1.95 bits per heavy atom. The zero-order valence-corrected chi connectivity index (χ0v) is 12.3. The molecule has 4 nitrogen and oxygen atoms in total. The highest BCUT2D eigenvalue weighted by Gasteiger charge is 2.16. The minimum Gasteiger partial charge on any atom is -0.444 e. The van der Waals surface area contributed by atoms with E-state index >= 15 is 0 Å². The third-order valence-electron chi connectivity index (χ3n) is 3.19. The molecule has 0 saturated carbocycles. The van der Waals surface area contributed by atoms with Gasteiger partial charge in [0.05, 0.1) is 5.69 Å². The molecular weight excluding hydrogens is 252 g/mol. The minimum atomic E-state index is -0.122. The van der Waals surface area contributed by atoms with Crippen LogP contribution in [-0.4, -0.2) is 23.2 Å². The van der Waals surface area contributed by atoms with Crippen LogP contribution in [0.5, 0.6) is 0 Å². The van der Waals surface area contributed by atoms with Crippen LogP contribution in [0, 0.1) is 12.3 Å². The summed E-state index contributed by atoms with van der Waals surface area (Å²) in [7, 11) is 0. The van der Waals surface area contributed by atoms with Crippen molar-refractivity contribution < 1.29 is 9.52 Å². The van der Waals surface area contributed by atoms with Crippen LogP contribution in [-0.2, 0) is 6.54 Å². The first-order chi connectivity index (χ1) is 9.50. The van der Waals surface area contributed by atoms with Crippen molar-refractivity contribution in [3.8, 4) is 11.5 Å². The van der Waals surface area contributed by atoms with E-state index in [2.05, 4.69) is 17.2 Å². The fourth-order valence-electron chi connectivity index (χ4n) is 1.80. The van der Waals surface area contributed by atoms with Crippen molar-refractivity contribution in [2.24, 2.45) is 5.41 Å². The van der Waals surface area contributed by atoms with Gasteiger partial charge < -0.3 is 14.8 Å². The summed E-state index contributed by atoms with van der Waals surface area (Å²) >= 11 is 0. The van der Waals surface area contributed by atoms with Gasteiger partial charge in [0.15, 0.2) is 0 Å². The van der Waals surface area contributed by atoms with Gasteiger partial charge in [0, 0.05) is 30.7 Å². The molecule has 0 spiro atoms. The number of hydrogen-bond acceptors (Lipinski definition) is 4. The third kappa shape index (κ3) is 3.92. The van der Waals surface area contributed by atoms with Crippen LogP contribution < -0.4 is 5.32 Å². The zero-order valence-electron chi connectivity index (χ0n) is 12.3. The SMILES string of the molecule is Cc1ccc(-c2nc(CNCC(C)(C)CO)co2)cc1. The van der Waals surface area contributed by atoms with Crippen molar-refractivity contribution in [1.29, 1.82) is 0 Å². The molecule has 4 heteroatoms. The molecule has 2 aromatic rings. The molecule has 0 radical (unpaired) electrons. The van der Waals surface area contributed by atoms with Crippen LogP contribution >= 0.6 is 0 Å². The van der Waals surface area contributed by atoms with Crippen molar-refractivity contribution in [2.45, 2.75) is 27.3 Å². The Kier molecular flexibility index (Phi) is 4.57. The Balaban J connectivity index is 1.94. The molecule has 0 unspecified atom stereocenters. The van der Waals surface area contributed by atoms with Gasteiger partial charge >= 0.3 is 0 Å². The lowest BCUT2D eigenvalue weighted by atomic mass is 9.95. The molecule has 0 aliphatic heterocycles. The monoisotopic (exact) mass is 274 g/mol. The number of nitrogens with zero attached hydrogens (tertiary/aromatic N) is 1. The first-order valence-corrected chi connectivity index (χ1v) is 6.83. The molecule has 0 aliphatic rings. The molecule has 108 valence electrons. The maximum absolute atomic E-state index is 9.19. The summed E-state index contributed by atoms with van der Waals surface area (Å²) in [6, 6.07) is 8.10. The molecule has 0 aliphatic carbocycles. The van der Waals surface area contributed by atoms with Gasteiger partial charge in [-0.25, -0.2) is 4.98 Å². The van der Waals surface area contributed by atoms with Crippen LogP contribution in [0.4, 0.5) is 0 Å². The molecule has 0 fully saturated rings. The van der Waals surface area contributed by atoms with E-state index in [-0.39, 0.29) is 12.0 Å². The molecule has 1 aromatic carbocycles. The van der Waals surface area contributed by atoms with Gasteiger partial charge in [-0.3, -0.25) is 0 Å². The lowest BCUT2D eigenvalue weighted by molar-refractivity contribution is 0.156. The number of nitrogens with one attached hydrogen (secondary N) is 1. The predicted molar refractivity (Wildman–Crippen MR) is 79.2 cm³/mol. The van der Waals surface area contributed by atoms with E-state index in [9.17, 15) is 5.11 Å². The van der Waals surface area contributed by atoms with Gasteiger partial charge in [0.2, 0.25) is 5.89 Å². The Morgan fingerprint density at radius 3 is 2.60 bits per heavy atom. The molecule has 2 N–H and O–H groups in total. The van der Waals surface area contributed by atoms with Crippen molar-refractivity contribution in [3.63, 3.8) is 0 Å². The zero-order chi connectivity index (χ0) is 14.6. The Morgan fingerprint density at radius 1 is 1.25 bits per heavy atom. The maximum Gasteiger partial charge on any atom is 0.226 e. The molecule has 0 amide bonds. The molecule has 2 rings (SSSR count). The van der Waals surface area contributed by atoms with Crippen molar-refractivity contribution in [2.75, 3.05) is 13.2 Å². The Hall–Kier alpha value is -1.65. The van der Waals surface area contributed by atoms with E-state index in [1.165, 1.54) is 5.56 Å². The first kappa shape index (κ1) is 14.8. The lowest BCUT2D eigenvalue weighted by Crippen LogP contribution is -2.31. The van der Waals surface area contributed by atoms with Crippen molar-refractivity contribution in [1.82, 2.24) is 10.3 Å². The van der Waals surface area contributed by atoms with Gasteiger partial charge in [0.25, 0.3) is 0 Å². The number of hydrogen-bond donors (Lipinski definition) is 2. The number of aliphatic hydroxyl groups excluding tert-OH is 1. The van der Waals surface area contributed by atoms with Gasteiger partial charge in [-0.1, -0.05) is 31.5 Å². The summed E-state index contributed by atoms with van der Waals surface area (Å²) in [5.74, 6) is 0.642. The van der Waals surface area contributed by atoms with Crippen LogP contribution in [0.1, 0.15) is 25.1 Å². The average molecular weight is 274 g/mol. The van der Waals surface area contributed by atoms with Crippen LogP contribution in [0.15, 0.2) is 34.9 Å². The molecule has 0 saturated heterocycles. The highest BCUT2D eigenvalue weighted by molar-refractivity contribution is 5.53.